The van der Waals surface area contributed by atoms with Gasteiger partial charge in [0.25, 0.3) is 0 Å². The summed E-state index contributed by atoms with van der Waals surface area (Å²) in [6.07, 6.45) is 0. The first-order valence-corrected chi connectivity index (χ1v) is 8.36. The first-order chi connectivity index (χ1) is 13.0. The molecule has 142 valence electrons. The molecule has 0 N–H and O–H groups in total. The van der Waals surface area contributed by atoms with Gasteiger partial charge in [-0.15, -0.1) is 0 Å². The van der Waals surface area contributed by atoms with Crippen LogP contribution in [0.1, 0.15) is 5.69 Å². The van der Waals surface area contributed by atoms with Crippen molar-refractivity contribution in [1.29, 1.82) is 0 Å². The molecule has 1 heterocycles. The van der Waals surface area contributed by atoms with Gasteiger partial charge in [-0.05, 0) is 43.3 Å². The smallest absolute Gasteiger partial charge is 0.203 e. The molecule has 0 radical (unpaired) electrons. The molecule has 6 heteroatoms. The summed E-state index contributed by atoms with van der Waals surface area (Å²) in [7, 11) is 6.15. The van der Waals surface area contributed by atoms with Crippen molar-refractivity contribution in [2.24, 2.45) is 0 Å². The van der Waals surface area contributed by atoms with E-state index in [1.807, 2.05) is 41.8 Å². The number of halogens is 1. The fraction of sp³-hybridized carbons (Fsp3) is 0.238. The van der Waals surface area contributed by atoms with E-state index < -0.39 is 5.82 Å². The maximum Gasteiger partial charge on any atom is 0.203 e. The molecule has 0 bridgehead atoms. The lowest BCUT2D eigenvalue weighted by atomic mass is 10.1. The maximum atomic E-state index is 14.2. The van der Waals surface area contributed by atoms with E-state index in [1.165, 1.54) is 13.2 Å². The van der Waals surface area contributed by atoms with E-state index >= 15 is 0 Å². The topological polar surface area (TPSA) is 41.9 Å². The van der Waals surface area contributed by atoms with Gasteiger partial charge in [-0.2, -0.15) is 0 Å². The first kappa shape index (κ1) is 18.6. The van der Waals surface area contributed by atoms with E-state index in [4.69, 9.17) is 18.9 Å². The SMILES string of the molecule is COc1ccc(-n2c(C)ccc2-c2cc(OC)c(OC)c(OC)c2)cc1F. The highest BCUT2D eigenvalue weighted by atomic mass is 19.1. The van der Waals surface area contributed by atoms with Gasteiger partial charge in [-0.1, -0.05) is 0 Å². The summed E-state index contributed by atoms with van der Waals surface area (Å²) in [5.74, 6) is 1.42. The van der Waals surface area contributed by atoms with Crippen molar-refractivity contribution in [3.05, 3.63) is 54.0 Å². The fourth-order valence-electron chi connectivity index (χ4n) is 3.13. The molecule has 0 saturated carbocycles. The first-order valence-electron chi connectivity index (χ1n) is 8.36. The molecule has 0 unspecified atom stereocenters. The van der Waals surface area contributed by atoms with E-state index in [-0.39, 0.29) is 5.75 Å². The van der Waals surface area contributed by atoms with Gasteiger partial charge >= 0.3 is 0 Å². The Morgan fingerprint density at radius 3 is 1.89 bits per heavy atom. The summed E-state index contributed by atoms with van der Waals surface area (Å²) in [5, 5.41) is 0. The van der Waals surface area contributed by atoms with Crippen LogP contribution in [0.3, 0.4) is 0 Å². The van der Waals surface area contributed by atoms with Gasteiger partial charge in [-0.3, -0.25) is 0 Å². The van der Waals surface area contributed by atoms with Crippen LogP contribution in [0, 0.1) is 12.7 Å². The molecule has 0 spiro atoms. The summed E-state index contributed by atoms with van der Waals surface area (Å²) >= 11 is 0. The van der Waals surface area contributed by atoms with Crippen molar-refractivity contribution in [2.45, 2.75) is 6.92 Å². The Morgan fingerprint density at radius 2 is 1.37 bits per heavy atom. The zero-order valence-corrected chi connectivity index (χ0v) is 16.0. The van der Waals surface area contributed by atoms with Crippen LogP contribution in [0.15, 0.2) is 42.5 Å². The molecule has 0 fully saturated rings. The number of nitrogens with zero attached hydrogens (tertiary/aromatic N) is 1. The van der Waals surface area contributed by atoms with Crippen LogP contribution in [-0.4, -0.2) is 33.0 Å². The number of aryl methyl sites for hydroxylation is 1. The Morgan fingerprint density at radius 1 is 0.741 bits per heavy atom. The van der Waals surface area contributed by atoms with Crippen LogP contribution in [0.5, 0.6) is 23.0 Å². The largest absolute Gasteiger partial charge is 0.494 e. The second-order valence-electron chi connectivity index (χ2n) is 5.93. The Bertz CT molecular complexity index is 940. The molecule has 0 aliphatic rings. The Kier molecular flexibility index (Phi) is 5.26. The number of rotatable bonds is 6. The molecule has 2 aromatic carbocycles. The van der Waals surface area contributed by atoms with E-state index in [0.29, 0.717) is 22.9 Å². The molecule has 0 aliphatic heterocycles. The summed E-state index contributed by atoms with van der Waals surface area (Å²) in [6, 6.07) is 12.6. The third-order valence-electron chi connectivity index (χ3n) is 4.43. The highest BCUT2D eigenvalue weighted by Gasteiger charge is 2.18. The number of aromatic nitrogens is 1. The van der Waals surface area contributed by atoms with Crippen LogP contribution in [-0.2, 0) is 0 Å². The number of hydrogen-bond donors (Lipinski definition) is 0. The van der Waals surface area contributed by atoms with Crippen molar-refractivity contribution in [3.8, 4) is 39.9 Å². The van der Waals surface area contributed by atoms with Crippen LogP contribution in [0.25, 0.3) is 16.9 Å². The monoisotopic (exact) mass is 371 g/mol. The number of benzene rings is 2. The van der Waals surface area contributed by atoms with Crippen molar-refractivity contribution < 1.29 is 23.3 Å². The minimum atomic E-state index is -0.418. The average molecular weight is 371 g/mol. The molecule has 3 aromatic rings. The summed E-state index contributed by atoms with van der Waals surface area (Å²) in [6.45, 7) is 1.96. The van der Waals surface area contributed by atoms with Crippen LogP contribution < -0.4 is 18.9 Å². The van der Waals surface area contributed by atoms with Crippen LogP contribution in [0.2, 0.25) is 0 Å². The Hall–Kier alpha value is -3.15. The van der Waals surface area contributed by atoms with E-state index in [2.05, 4.69) is 0 Å². The second kappa shape index (κ2) is 7.61. The maximum absolute atomic E-state index is 14.2. The minimum absolute atomic E-state index is 0.206. The predicted octanol–water partition coefficient (Wildman–Crippen LogP) is 4.63. The van der Waals surface area contributed by atoms with Crippen molar-refractivity contribution in [1.82, 2.24) is 4.57 Å². The predicted molar refractivity (Wildman–Crippen MR) is 102 cm³/mol. The fourth-order valence-corrected chi connectivity index (χ4v) is 3.13. The molecule has 0 aliphatic carbocycles. The molecule has 3 rings (SSSR count). The van der Waals surface area contributed by atoms with Gasteiger partial charge in [-0.25, -0.2) is 4.39 Å². The van der Waals surface area contributed by atoms with Crippen LogP contribution in [0.4, 0.5) is 4.39 Å². The second-order valence-corrected chi connectivity index (χ2v) is 5.93. The summed E-state index contributed by atoms with van der Waals surface area (Å²) in [4.78, 5) is 0. The molecule has 0 saturated heterocycles. The number of hydrogen-bond acceptors (Lipinski definition) is 4. The van der Waals surface area contributed by atoms with Crippen molar-refractivity contribution in [3.63, 3.8) is 0 Å². The summed E-state index contributed by atoms with van der Waals surface area (Å²) < 4.78 is 37.5. The lowest BCUT2D eigenvalue weighted by molar-refractivity contribution is 0.324. The quantitative estimate of drug-likeness (QED) is 0.634. The lowest BCUT2D eigenvalue weighted by Crippen LogP contribution is -2.02. The highest BCUT2D eigenvalue weighted by molar-refractivity contribution is 5.71. The van der Waals surface area contributed by atoms with Gasteiger partial charge in [0.2, 0.25) is 5.75 Å². The highest BCUT2D eigenvalue weighted by Crippen LogP contribution is 2.42. The Labute approximate surface area is 157 Å². The third kappa shape index (κ3) is 3.30. The van der Waals surface area contributed by atoms with Crippen molar-refractivity contribution in [2.75, 3.05) is 28.4 Å². The van der Waals surface area contributed by atoms with Crippen molar-refractivity contribution >= 4 is 0 Å². The van der Waals surface area contributed by atoms with Gasteiger partial charge in [0, 0.05) is 23.0 Å². The summed E-state index contributed by atoms with van der Waals surface area (Å²) in [5.41, 5.74) is 3.38. The van der Waals surface area contributed by atoms with Crippen LogP contribution >= 0.6 is 0 Å². The molecule has 1 aromatic heterocycles. The zero-order chi connectivity index (χ0) is 19.6. The standard InChI is InChI=1S/C21H22FNO4/c1-13-6-8-17(23(13)15-7-9-18(24-2)16(22)12-15)14-10-19(25-3)21(27-5)20(11-14)26-4/h6-12H,1-5H3. The number of ether oxygens (including phenoxy) is 4. The molecule has 0 atom stereocenters. The molecule has 5 nitrogen and oxygen atoms in total. The third-order valence-corrected chi connectivity index (χ3v) is 4.43. The molecule has 0 amide bonds. The lowest BCUT2D eigenvalue weighted by Gasteiger charge is -2.17. The molecule has 27 heavy (non-hydrogen) atoms. The van der Waals surface area contributed by atoms with Gasteiger partial charge in [0.15, 0.2) is 23.1 Å². The number of methoxy groups -OCH3 is 4. The van der Waals surface area contributed by atoms with E-state index in [9.17, 15) is 4.39 Å². The molecular weight excluding hydrogens is 349 g/mol. The average Bonchev–Trinajstić information content (AvgIpc) is 3.08. The van der Waals surface area contributed by atoms with Gasteiger partial charge in [0.05, 0.1) is 34.1 Å². The molecular formula is C21H22FNO4. The normalized spacial score (nSPS) is 10.6. The van der Waals surface area contributed by atoms with E-state index in [1.54, 1.807) is 27.4 Å². The minimum Gasteiger partial charge on any atom is -0.494 e. The zero-order valence-electron chi connectivity index (χ0n) is 16.0. The van der Waals surface area contributed by atoms with E-state index in [0.717, 1.165) is 17.0 Å². The van der Waals surface area contributed by atoms with Gasteiger partial charge in [0.1, 0.15) is 0 Å². The Balaban J connectivity index is 2.19. The van der Waals surface area contributed by atoms with Gasteiger partial charge < -0.3 is 23.5 Å².